The molecule has 18 heavy (non-hydrogen) atoms. The molecule has 3 nitrogen and oxygen atoms in total. The molecule has 1 unspecified atom stereocenters. The van der Waals surface area contributed by atoms with E-state index >= 15 is 0 Å². The van der Waals surface area contributed by atoms with Crippen LogP contribution in [0.3, 0.4) is 0 Å². The molecule has 0 aliphatic carbocycles. The third kappa shape index (κ3) is 2.27. The van der Waals surface area contributed by atoms with E-state index in [9.17, 15) is 4.79 Å². The van der Waals surface area contributed by atoms with Crippen molar-refractivity contribution in [2.75, 3.05) is 13.1 Å². The third-order valence-electron chi connectivity index (χ3n) is 3.55. The van der Waals surface area contributed by atoms with Gasteiger partial charge in [0.2, 0.25) is 0 Å². The summed E-state index contributed by atoms with van der Waals surface area (Å²) in [4.78, 5) is 16.5. The maximum atomic E-state index is 12.2. The quantitative estimate of drug-likeness (QED) is 0.838. The van der Waals surface area contributed by atoms with Crippen LogP contribution in [0.1, 0.15) is 23.2 Å². The summed E-state index contributed by atoms with van der Waals surface area (Å²) in [6, 6.07) is 9.84. The Morgan fingerprint density at radius 3 is 3.11 bits per heavy atom. The number of carbonyl (C=O) groups excluding carboxylic acids is 1. The van der Waals surface area contributed by atoms with Gasteiger partial charge < -0.3 is 5.32 Å². The first-order valence-electron chi connectivity index (χ1n) is 6.41. The van der Waals surface area contributed by atoms with E-state index in [1.807, 2.05) is 30.3 Å². The number of benzene rings is 1. The predicted octanol–water partition coefficient (Wildman–Crippen LogP) is 2.42. The lowest BCUT2D eigenvalue weighted by Crippen LogP contribution is -2.13. The predicted molar refractivity (Wildman–Crippen MR) is 71.7 cm³/mol. The number of aromatic nitrogens is 1. The van der Waals surface area contributed by atoms with Crippen molar-refractivity contribution in [3.63, 3.8) is 0 Å². The van der Waals surface area contributed by atoms with E-state index in [0.717, 1.165) is 36.0 Å². The number of nitrogens with zero attached hydrogens (tertiary/aromatic N) is 1. The van der Waals surface area contributed by atoms with Crippen LogP contribution in [0.5, 0.6) is 0 Å². The first-order valence-corrected chi connectivity index (χ1v) is 6.41. The summed E-state index contributed by atoms with van der Waals surface area (Å²) in [5.41, 5.74) is 1.68. The number of carbonyl (C=O) groups is 1. The summed E-state index contributed by atoms with van der Waals surface area (Å²) in [6.07, 6.45) is 3.44. The van der Waals surface area contributed by atoms with Gasteiger partial charge in [0.05, 0.1) is 5.52 Å². The van der Waals surface area contributed by atoms with Gasteiger partial charge in [-0.2, -0.15) is 0 Å². The lowest BCUT2D eigenvalue weighted by Gasteiger charge is -2.07. The van der Waals surface area contributed by atoms with Gasteiger partial charge in [-0.3, -0.25) is 9.78 Å². The number of ketones is 1. The number of fused-ring (bicyclic) bond motifs is 1. The minimum Gasteiger partial charge on any atom is -0.316 e. The number of para-hydroxylation sites is 1. The zero-order valence-corrected chi connectivity index (χ0v) is 10.2. The Bertz CT molecular complexity index is 573. The summed E-state index contributed by atoms with van der Waals surface area (Å²) in [5.74, 6) is 0.700. The fourth-order valence-electron chi connectivity index (χ4n) is 2.49. The van der Waals surface area contributed by atoms with Crippen LogP contribution in [-0.4, -0.2) is 23.9 Å². The molecule has 0 saturated carbocycles. The zero-order chi connectivity index (χ0) is 12.4. The number of hydrogen-bond donors (Lipinski definition) is 1. The van der Waals surface area contributed by atoms with Crippen LogP contribution >= 0.6 is 0 Å². The molecule has 3 heteroatoms. The summed E-state index contributed by atoms with van der Waals surface area (Å²) >= 11 is 0. The molecular formula is C15H16N2O. The first-order chi connectivity index (χ1) is 8.83. The molecule has 3 rings (SSSR count). The topological polar surface area (TPSA) is 42.0 Å². The van der Waals surface area contributed by atoms with Crippen molar-refractivity contribution in [1.29, 1.82) is 0 Å². The molecule has 1 saturated heterocycles. The Labute approximate surface area is 106 Å². The molecule has 2 heterocycles. The molecule has 1 aliphatic heterocycles. The highest BCUT2D eigenvalue weighted by molar-refractivity contribution is 5.98. The van der Waals surface area contributed by atoms with Crippen molar-refractivity contribution in [1.82, 2.24) is 10.3 Å². The van der Waals surface area contributed by atoms with Gasteiger partial charge in [-0.1, -0.05) is 18.2 Å². The summed E-state index contributed by atoms with van der Waals surface area (Å²) < 4.78 is 0. The summed E-state index contributed by atoms with van der Waals surface area (Å²) in [5, 5.41) is 4.33. The number of Topliss-reactive ketones (excluding diaryl/α,β-unsaturated/α-hetero) is 1. The second-order valence-corrected chi connectivity index (χ2v) is 4.90. The van der Waals surface area contributed by atoms with Crippen LogP contribution in [0.25, 0.3) is 10.9 Å². The van der Waals surface area contributed by atoms with Gasteiger partial charge in [-0.25, -0.2) is 0 Å². The molecule has 1 aromatic carbocycles. The molecule has 0 bridgehead atoms. The molecule has 1 aliphatic rings. The average Bonchev–Trinajstić information content (AvgIpc) is 2.91. The number of hydrogen-bond acceptors (Lipinski definition) is 3. The highest BCUT2D eigenvalue weighted by atomic mass is 16.1. The molecule has 1 N–H and O–H groups in total. The highest BCUT2D eigenvalue weighted by Gasteiger charge is 2.19. The van der Waals surface area contributed by atoms with E-state index in [2.05, 4.69) is 10.3 Å². The molecule has 0 spiro atoms. The Balaban J connectivity index is 1.82. The molecule has 1 fully saturated rings. The lowest BCUT2D eigenvalue weighted by atomic mass is 9.98. The number of pyridine rings is 1. The summed E-state index contributed by atoms with van der Waals surface area (Å²) in [6.45, 7) is 2.00. The fraction of sp³-hybridized carbons (Fsp3) is 0.333. The SMILES string of the molecule is O=C(CC1CCNC1)c1cnc2ccccc2c1. The van der Waals surface area contributed by atoms with Gasteiger partial charge >= 0.3 is 0 Å². The van der Waals surface area contributed by atoms with Crippen molar-refractivity contribution >= 4 is 16.7 Å². The molecule has 1 atom stereocenters. The minimum atomic E-state index is 0.210. The number of nitrogens with one attached hydrogen (secondary N) is 1. The monoisotopic (exact) mass is 240 g/mol. The van der Waals surface area contributed by atoms with Gasteiger partial charge in [0, 0.05) is 23.6 Å². The summed E-state index contributed by atoms with van der Waals surface area (Å²) in [7, 11) is 0. The molecule has 1 aromatic heterocycles. The van der Waals surface area contributed by atoms with Gasteiger partial charge in [-0.15, -0.1) is 0 Å². The Morgan fingerprint density at radius 1 is 1.39 bits per heavy atom. The Hall–Kier alpha value is -1.74. The minimum absolute atomic E-state index is 0.210. The fourth-order valence-corrected chi connectivity index (χ4v) is 2.49. The largest absolute Gasteiger partial charge is 0.316 e. The van der Waals surface area contributed by atoms with Gasteiger partial charge in [0.25, 0.3) is 0 Å². The molecule has 92 valence electrons. The normalized spacial score (nSPS) is 19.2. The van der Waals surface area contributed by atoms with Gasteiger partial charge in [-0.05, 0) is 37.6 Å². The van der Waals surface area contributed by atoms with Gasteiger partial charge in [0.15, 0.2) is 5.78 Å². The second-order valence-electron chi connectivity index (χ2n) is 4.90. The molecule has 0 amide bonds. The van der Waals surface area contributed by atoms with E-state index in [4.69, 9.17) is 0 Å². The lowest BCUT2D eigenvalue weighted by molar-refractivity contribution is 0.0964. The van der Waals surface area contributed by atoms with Crippen LogP contribution in [0.4, 0.5) is 0 Å². The Morgan fingerprint density at radius 2 is 2.28 bits per heavy atom. The zero-order valence-electron chi connectivity index (χ0n) is 10.2. The molecule has 0 radical (unpaired) electrons. The van der Waals surface area contributed by atoms with Crippen LogP contribution in [-0.2, 0) is 0 Å². The smallest absolute Gasteiger partial charge is 0.164 e. The maximum Gasteiger partial charge on any atom is 0.164 e. The van der Waals surface area contributed by atoms with E-state index < -0.39 is 0 Å². The van der Waals surface area contributed by atoms with Crippen LogP contribution in [0, 0.1) is 5.92 Å². The van der Waals surface area contributed by atoms with Crippen LogP contribution in [0.15, 0.2) is 36.5 Å². The van der Waals surface area contributed by atoms with E-state index in [-0.39, 0.29) is 5.78 Å². The second kappa shape index (κ2) is 4.86. The van der Waals surface area contributed by atoms with Crippen molar-refractivity contribution in [2.24, 2.45) is 5.92 Å². The molecule has 2 aromatic rings. The van der Waals surface area contributed by atoms with Crippen LogP contribution < -0.4 is 5.32 Å². The molecular weight excluding hydrogens is 224 g/mol. The standard InChI is InChI=1S/C15H16N2O/c18-15(7-11-5-6-16-9-11)13-8-12-3-1-2-4-14(12)17-10-13/h1-4,8,10-11,16H,5-7,9H2. The van der Waals surface area contributed by atoms with Crippen molar-refractivity contribution in [3.05, 3.63) is 42.1 Å². The van der Waals surface area contributed by atoms with Crippen molar-refractivity contribution < 1.29 is 4.79 Å². The maximum absolute atomic E-state index is 12.2. The van der Waals surface area contributed by atoms with Crippen molar-refractivity contribution in [2.45, 2.75) is 12.8 Å². The van der Waals surface area contributed by atoms with E-state index in [1.165, 1.54) is 0 Å². The van der Waals surface area contributed by atoms with E-state index in [1.54, 1.807) is 6.20 Å². The van der Waals surface area contributed by atoms with Crippen molar-refractivity contribution in [3.8, 4) is 0 Å². The highest BCUT2D eigenvalue weighted by Crippen LogP contribution is 2.18. The van der Waals surface area contributed by atoms with Gasteiger partial charge in [0.1, 0.15) is 0 Å². The third-order valence-corrected chi connectivity index (χ3v) is 3.55. The van der Waals surface area contributed by atoms with Crippen LogP contribution in [0.2, 0.25) is 0 Å². The average molecular weight is 240 g/mol. The first kappa shape index (κ1) is 11.4. The number of rotatable bonds is 3. The Kier molecular flexibility index (Phi) is 3.07. The van der Waals surface area contributed by atoms with E-state index in [0.29, 0.717) is 12.3 Å².